The Morgan fingerprint density at radius 1 is 1.45 bits per heavy atom. The van der Waals surface area contributed by atoms with Crippen molar-refractivity contribution in [2.75, 3.05) is 20.2 Å². The third-order valence-electron chi connectivity index (χ3n) is 7.25. The molecule has 0 radical (unpaired) electrons. The topological polar surface area (TPSA) is 79.2 Å². The second kappa shape index (κ2) is 6.61. The number of piperidine rings is 1. The minimum atomic E-state index is -0.680. The maximum absolute atomic E-state index is 11.7. The number of phenolic OH excluding ortho intramolecular Hbond substituents is 1. The Morgan fingerprint density at radius 2 is 2.28 bits per heavy atom. The van der Waals surface area contributed by atoms with Gasteiger partial charge in [0.25, 0.3) is 0 Å². The van der Waals surface area contributed by atoms with Gasteiger partial charge in [-0.05, 0) is 57.0 Å². The number of aliphatic hydroxyl groups excluding tert-OH is 1. The van der Waals surface area contributed by atoms with Crippen LogP contribution < -0.4 is 4.74 Å². The number of ether oxygens (including phenoxy) is 2. The lowest BCUT2D eigenvalue weighted by Crippen LogP contribution is -2.64. The van der Waals surface area contributed by atoms with Gasteiger partial charge in [-0.25, -0.2) is 4.79 Å². The van der Waals surface area contributed by atoms with Gasteiger partial charge in [0, 0.05) is 29.0 Å². The molecule has 0 amide bonds. The maximum atomic E-state index is 11.7. The number of nitrogens with zero attached hydrogens (tertiary/aromatic N) is 1. The quantitative estimate of drug-likeness (QED) is 0.459. The summed E-state index contributed by atoms with van der Waals surface area (Å²) in [5.41, 5.74) is 2.99. The molecule has 6 heteroatoms. The Labute approximate surface area is 170 Å². The molecule has 4 aliphatic rings. The number of hydrogen-bond donors (Lipinski definition) is 2. The number of rotatable bonds is 4. The number of esters is 1. The van der Waals surface area contributed by atoms with Crippen molar-refractivity contribution in [3.63, 3.8) is 0 Å². The number of allylic oxidation sites excluding steroid dienone is 1. The van der Waals surface area contributed by atoms with E-state index in [0.29, 0.717) is 24.8 Å². The molecule has 0 aromatic heterocycles. The van der Waals surface area contributed by atoms with E-state index in [1.54, 1.807) is 19.1 Å². The van der Waals surface area contributed by atoms with Crippen LogP contribution in [-0.2, 0) is 27.8 Å². The molecule has 1 fully saturated rings. The molecule has 154 valence electrons. The Balaban J connectivity index is 1.62. The van der Waals surface area contributed by atoms with Gasteiger partial charge in [0.2, 0.25) is 0 Å². The highest BCUT2D eigenvalue weighted by Gasteiger charge is 2.64. The molecular weight excluding hydrogens is 370 g/mol. The van der Waals surface area contributed by atoms with Crippen LogP contribution in [0.4, 0.5) is 0 Å². The molecule has 1 spiro atoms. The molecule has 2 aliphatic heterocycles. The van der Waals surface area contributed by atoms with E-state index in [9.17, 15) is 15.0 Å². The highest BCUT2D eigenvalue weighted by molar-refractivity contribution is 5.82. The molecule has 2 aliphatic carbocycles. The minimum absolute atomic E-state index is 0.121. The standard InChI is InChI=1S/C23H27NO5/c1-3-28-19(27)6-4-5-13-11-18(26)21-20-14(13)12-16-15-7-8-17(25)22(29-21)23(15,20)9-10-24(16)2/h4,6-8,11,15-17,22,25-26H,3,5,9-10,12H2,1-2H3/t15-,16+,17-,22-,23-/m0/s1. The predicted octanol–water partition coefficient (Wildman–Crippen LogP) is 1.86. The van der Waals surface area contributed by atoms with Crippen LogP contribution in [0.1, 0.15) is 30.0 Å². The van der Waals surface area contributed by atoms with Crippen molar-refractivity contribution in [1.82, 2.24) is 4.90 Å². The summed E-state index contributed by atoms with van der Waals surface area (Å²) in [6.07, 6.45) is 8.51. The normalized spacial score (nSPS) is 34.2. The van der Waals surface area contributed by atoms with Crippen molar-refractivity contribution in [2.45, 2.75) is 49.9 Å². The van der Waals surface area contributed by atoms with Gasteiger partial charge in [0.05, 0.1) is 6.61 Å². The summed E-state index contributed by atoms with van der Waals surface area (Å²) in [6.45, 7) is 3.07. The number of phenols is 1. The van der Waals surface area contributed by atoms with Crippen LogP contribution in [0.3, 0.4) is 0 Å². The summed E-state index contributed by atoms with van der Waals surface area (Å²) in [5.74, 6) is 0.563. The van der Waals surface area contributed by atoms with Crippen LogP contribution in [0.5, 0.6) is 11.5 Å². The molecule has 6 nitrogen and oxygen atoms in total. The summed E-state index contributed by atoms with van der Waals surface area (Å²) in [6, 6.07) is 2.09. The first-order valence-electron chi connectivity index (χ1n) is 10.4. The molecule has 1 aromatic rings. The molecule has 2 heterocycles. The molecule has 2 N–H and O–H groups in total. The fraction of sp³-hybridized carbons (Fsp3) is 0.522. The van der Waals surface area contributed by atoms with Gasteiger partial charge in [-0.1, -0.05) is 18.2 Å². The Bertz CT molecular complexity index is 922. The Kier molecular flexibility index (Phi) is 4.26. The molecule has 1 saturated heterocycles. The van der Waals surface area contributed by atoms with Crippen molar-refractivity contribution in [3.05, 3.63) is 47.1 Å². The van der Waals surface area contributed by atoms with Gasteiger partial charge in [-0.3, -0.25) is 0 Å². The van der Waals surface area contributed by atoms with Gasteiger partial charge < -0.3 is 24.6 Å². The monoisotopic (exact) mass is 397 g/mol. The van der Waals surface area contributed by atoms with Gasteiger partial charge in [0.1, 0.15) is 12.2 Å². The first-order valence-corrected chi connectivity index (χ1v) is 10.4. The molecule has 0 saturated carbocycles. The van der Waals surface area contributed by atoms with Gasteiger partial charge in [-0.2, -0.15) is 0 Å². The fourth-order valence-electron chi connectivity index (χ4n) is 6.05. The van der Waals surface area contributed by atoms with Crippen molar-refractivity contribution in [3.8, 4) is 11.5 Å². The van der Waals surface area contributed by atoms with Crippen LogP contribution in [0.25, 0.3) is 0 Å². The van der Waals surface area contributed by atoms with Gasteiger partial charge in [-0.15, -0.1) is 0 Å². The Hall–Kier alpha value is -2.31. The first-order chi connectivity index (χ1) is 14.0. The van der Waals surface area contributed by atoms with E-state index in [4.69, 9.17) is 9.47 Å². The average Bonchev–Trinajstić information content (AvgIpc) is 3.04. The van der Waals surface area contributed by atoms with E-state index in [-0.39, 0.29) is 29.2 Å². The molecule has 2 bridgehead atoms. The number of carbonyl (C=O) groups excluding carboxylic acids is 1. The number of likely N-dealkylation sites (N-methyl/N-ethyl adjacent to an activating group) is 1. The largest absolute Gasteiger partial charge is 0.504 e. The summed E-state index contributed by atoms with van der Waals surface area (Å²) in [5, 5.41) is 21.5. The van der Waals surface area contributed by atoms with E-state index >= 15 is 0 Å². The number of aliphatic hydroxyl groups is 1. The zero-order chi connectivity index (χ0) is 20.3. The van der Waals surface area contributed by atoms with E-state index in [0.717, 1.165) is 30.5 Å². The molecule has 29 heavy (non-hydrogen) atoms. The molecular formula is C23H27NO5. The number of benzene rings is 1. The number of carbonyl (C=O) groups is 1. The lowest BCUT2D eigenvalue weighted by atomic mass is 9.53. The summed E-state index contributed by atoms with van der Waals surface area (Å²) in [4.78, 5) is 14.1. The zero-order valence-electron chi connectivity index (χ0n) is 16.8. The second-order valence-corrected chi connectivity index (χ2v) is 8.58. The van der Waals surface area contributed by atoms with Crippen LogP contribution in [0.15, 0.2) is 30.4 Å². The van der Waals surface area contributed by atoms with Gasteiger partial charge in [0.15, 0.2) is 11.5 Å². The van der Waals surface area contributed by atoms with E-state index < -0.39 is 6.10 Å². The van der Waals surface area contributed by atoms with Crippen LogP contribution >= 0.6 is 0 Å². The van der Waals surface area contributed by atoms with Crippen LogP contribution in [-0.4, -0.2) is 59.5 Å². The SMILES string of the molecule is CCOC(=O)C=CCc1cc(O)c2c3c1C[C@@H]1[C@@H]4C=C[C@H](O)[C@H](O2)[C@]34CCN1C. The second-order valence-electron chi connectivity index (χ2n) is 8.58. The highest BCUT2D eigenvalue weighted by Crippen LogP contribution is 2.62. The van der Waals surface area contributed by atoms with Crippen LogP contribution in [0, 0.1) is 5.92 Å². The lowest BCUT2D eigenvalue weighted by Gasteiger charge is -2.56. The number of hydrogen-bond acceptors (Lipinski definition) is 6. The summed E-state index contributed by atoms with van der Waals surface area (Å²) in [7, 11) is 2.16. The van der Waals surface area contributed by atoms with Crippen LogP contribution in [0.2, 0.25) is 0 Å². The van der Waals surface area contributed by atoms with E-state index in [1.807, 2.05) is 6.08 Å². The van der Waals surface area contributed by atoms with Crippen molar-refractivity contribution in [2.24, 2.45) is 5.92 Å². The van der Waals surface area contributed by atoms with Crippen molar-refractivity contribution in [1.29, 1.82) is 0 Å². The number of likely N-dealkylation sites (tertiary alicyclic amines) is 1. The lowest BCUT2D eigenvalue weighted by molar-refractivity contribution is -0.137. The average molecular weight is 397 g/mol. The van der Waals surface area contributed by atoms with Crippen molar-refractivity contribution < 1.29 is 24.5 Å². The summed E-state index contributed by atoms with van der Waals surface area (Å²) >= 11 is 0. The molecule has 5 rings (SSSR count). The third kappa shape index (κ3) is 2.52. The first kappa shape index (κ1) is 18.7. The minimum Gasteiger partial charge on any atom is -0.504 e. The van der Waals surface area contributed by atoms with Crippen molar-refractivity contribution >= 4 is 5.97 Å². The molecule has 1 aromatic carbocycles. The summed E-state index contributed by atoms with van der Waals surface area (Å²) < 4.78 is 11.2. The molecule has 5 atom stereocenters. The highest BCUT2D eigenvalue weighted by atomic mass is 16.5. The molecule has 0 unspecified atom stereocenters. The Morgan fingerprint density at radius 3 is 3.07 bits per heavy atom. The number of aromatic hydroxyl groups is 1. The van der Waals surface area contributed by atoms with Gasteiger partial charge >= 0.3 is 5.97 Å². The van der Waals surface area contributed by atoms with E-state index in [2.05, 4.69) is 18.0 Å². The van der Waals surface area contributed by atoms with E-state index in [1.165, 1.54) is 11.6 Å². The predicted molar refractivity (Wildman–Crippen MR) is 107 cm³/mol. The third-order valence-corrected chi connectivity index (χ3v) is 7.25. The maximum Gasteiger partial charge on any atom is 0.330 e. The zero-order valence-corrected chi connectivity index (χ0v) is 16.8. The smallest absolute Gasteiger partial charge is 0.330 e. The fourth-order valence-corrected chi connectivity index (χ4v) is 6.05.